The monoisotopic (exact) mass is 388 g/mol. The number of ketones is 1. The molecule has 0 saturated carbocycles. The second-order valence-corrected chi connectivity index (χ2v) is 6.62. The smallest absolute Gasteiger partial charge is 0.312 e. The number of halogens is 1. The van der Waals surface area contributed by atoms with E-state index >= 15 is 0 Å². The molecular weight excluding hydrogens is 368 g/mol. The third-order valence-electron chi connectivity index (χ3n) is 3.97. The maximum Gasteiger partial charge on any atom is 0.312 e. The summed E-state index contributed by atoms with van der Waals surface area (Å²) >= 11 is 5.86. The number of aryl methyl sites for hydroxylation is 1. The lowest BCUT2D eigenvalue weighted by molar-refractivity contribution is -0.146. The highest BCUT2D eigenvalue weighted by molar-refractivity contribution is 6.30. The molecule has 0 saturated heterocycles. The summed E-state index contributed by atoms with van der Waals surface area (Å²) in [7, 11) is 0. The Kier molecular flexibility index (Phi) is 6.96. The minimum absolute atomic E-state index is 0.171. The van der Waals surface area contributed by atoms with Gasteiger partial charge >= 0.3 is 12.0 Å². The van der Waals surface area contributed by atoms with Gasteiger partial charge in [-0.1, -0.05) is 53.6 Å². The fourth-order valence-corrected chi connectivity index (χ4v) is 2.66. The lowest BCUT2D eigenvalue weighted by Gasteiger charge is -2.19. The molecule has 2 aromatic carbocycles. The maximum absolute atomic E-state index is 12.4. The highest BCUT2D eigenvalue weighted by Crippen LogP contribution is 2.20. The molecule has 0 bridgehead atoms. The second kappa shape index (κ2) is 9.19. The van der Waals surface area contributed by atoms with Crippen LogP contribution in [0.1, 0.15) is 40.9 Å². The van der Waals surface area contributed by atoms with Crippen molar-refractivity contribution in [3.63, 3.8) is 0 Å². The van der Waals surface area contributed by atoms with E-state index in [9.17, 15) is 14.4 Å². The van der Waals surface area contributed by atoms with E-state index in [0.717, 1.165) is 5.56 Å². The minimum atomic E-state index is -0.945. The fraction of sp³-hybridized carbons (Fsp3) is 0.250. The quantitative estimate of drug-likeness (QED) is 0.559. The summed E-state index contributed by atoms with van der Waals surface area (Å²) in [6.07, 6.45) is -1.12. The zero-order chi connectivity index (χ0) is 20.0. The van der Waals surface area contributed by atoms with Gasteiger partial charge < -0.3 is 15.8 Å². The van der Waals surface area contributed by atoms with Crippen LogP contribution in [0.4, 0.5) is 4.79 Å². The van der Waals surface area contributed by atoms with E-state index in [1.165, 1.54) is 6.92 Å². The van der Waals surface area contributed by atoms with Crippen LogP contribution in [0, 0.1) is 6.92 Å². The third kappa shape index (κ3) is 6.11. The lowest BCUT2D eigenvalue weighted by Crippen LogP contribution is -2.35. The molecule has 0 aliphatic rings. The van der Waals surface area contributed by atoms with Crippen molar-refractivity contribution in [2.24, 2.45) is 5.73 Å². The van der Waals surface area contributed by atoms with Gasteiger partial charge in [-0.15, -0.1) is 0 Å². The molecule has 27 heavy (non-hydrogen) atoms. The van der Waals surface area contributed by atoms with Crippen LogP contribution in [-0.2, 0) is 9.53 Å². The van der Waals surface area contributed by atoms with E-state index in [2.05, 4.69) is 5.32 Å². The standard InChI is InChI=1S/C20H21ClN2O4/c1-12-3-5-15(6-4-12)19(25)13(2)27-18(24)11-17(23-20(22)26)14-7-9-16(21)10-8-14/h3-10,13,17H,11H2,1-2H3,(H3,22,23,26)/t13-,17-/m0/s1. The molecular formula is C20H21ClN2O4. The van der Waals surface area contributed by atoms with E-state index in [1.807, 2.05) is 19.1 Å². The fourth-order valence-electron chi connectivity index (χ4n) is 2.54. The Morgan fingerprint density at radius 2 is 1.67 bits per heavy atom. The summed E-state index contributed by atoms with van der Waals surface area (Å²) in [5.41, 5.74) is 7.33. The first kappa shape index (κ1) is 20.5. The molecule has 3 N–H and O–H groups in total. The lowest BCUT2D eigenvalue weighted by atomic mass is 10.0. The average Bonchev–Trinajstić information content (AvgIpc) is 2.61. The second-order valence-electron chi connectivity index (χ2n) is 6.18. The number of ether oxygens (including phenoxy) is 1. The van der Waals surface area contributed by atoms with Gasteiger partial charge in [-0.2, -0.15) is 0 Å². The number of benzene rings is 2. The summed E-state index contributed by atoms with van der Waals surface area (Å²) in [6.45, 7) is 3.43. The van der Waals surface area contributed by atoms with Gasteiger partial charge in [0.25, 0.3) is 0 Å². The number of hydrogen-bond donors (Lipinski definition) is 2. The molecule has 0 fully saturated rings. The number of primary amides is 1. The maximum atomic E-state index is 12.4. The topological polar surface area (TPSA) is 98.5 Å². The number of amides is 2. The van der Waals surface area contributed by atoms with Crippen LogP contribution in [0.15, 0.2) is 48.5 Å². The molecule has 2 aromatic rings. The van der Waals surface area contributed by atoms with E-state index in [4.69, 9.17) is 22.1 Å². The zero-order valence-electron chi connectivity index (χ0n) is 15.1. The molecule has 0 aromatic heterocycles. The number of nitrogens with one attached hydrogen (secondary N) is 1. The van der Waals surface area contributed by atoms with Gasteiger partial charge in [-0.25, -0.2) is 4.79 Å². The van der Waals surface area contributed by atoms with Gasteiger partial charge in [-0.05, 0) is 31.5 Å². The molecule has 0 radical (unpaired) electrons. The normalized spacial score (nSPS) is 12.7. The molecule has 2 amide bonds. The van der Waals surface area contributed by atoms with Crippen LogP contribution in [-0.4, -0.2) is 23.9 Å². The number of esters is 1. The Balaban J connectivity index is 2.03. The first-order valence-corrected chi connectivity index (χ1v) is 8.76. The largest absolute Gasteiger partial charge is 0.454 e. The Morgan fingerprint density at radius 3 is 2.22 bits per heavy atom. The van der Waals surface area contributed by atoms with E-state index in [-0.39, 0.29) is 12.2 Å². The minimum Gasteiger partial charge on any atom is -0.454 e. The molecule has 0 aliphatic carbocycles. The van der Waals surface area contributed by atoms with Crippen molar-refractivity contribution in [2.75, 3.05) is 0 Å². The number of carbonyl (C=O) groups excluding carboxylic acids is 3. The van der Waals surface area contributed by atoms with Crippen molar-refractivity contribution in [1.82, 2.24) is 5.32 Å². The number of nitrogens with two attached hydrogens (primary N) is 1. The van der Waals surface area contributed by atoms with E-state index in [1.54, 1.807) is 36.4 Å². The summed E-state index contributed by atoms with van der Waals surface area (Å²) in [5, 5.41) is 3.02. The molecule has 2 atom stereocenters. The van der Waals surface area contributed by atoms with Gasteiger partial charge in [0.15, 0.2) is 6.10 Å². The summed E-state index contributed by atoms with van der Waals surface area (Å²) in [6, 6.07) is 12.2. The third-order valence-corrected chi connectivity index (χ3v) is 4.23. The molecule has 0 spiro atoms. The Labute approximate surface area is 162 Å². The molecule has 0 heterocycles. The van der Waals surface area contributed by atoms with Crippen LogP contribution < -0.4 is 11.1 Å². The average molecular weight is 389 g/mol. The highest BCUT2D eigenvalue weighted by Gasteiger charge is 2.23. The van der Waals surface area contributed by atoms with Crippen molar-refractivity contribution in [1.29, 1.82) is 0 Å². The van der Waals surface area contributed by atoms with Crippen LogP contribution in [0.3, 0.4) is 0 Å². The van der Waals surface area contributed by atoms with E-state index < -0.39 is 24.1 Å². The Hall–Kier alpha value is -2.86. The molecule has 6 nitrogen and oxygen atoms in total. The van der Waals surface area contributed by atoms with Crippen molar-refractivity contribution >= 4 is 29.4 Å². The number of hydrogen-bond acceptors (Lipinski definition) is 4. The number of urea groups is 1. The van der Waals surface area contributed by atoms with Gasteiger partial charge in [0.05, 0.1) is 12.5 Å². The van der Waals surface area contributed by atoms with Gasteiger partial charge in [0, 0.05) is 10.6 Å². The molecule has 142 valence electrons. The molecule has 7 heteroatoms. The zero-order valence-corrected chi connectivity index (χ0v) is 15.8. The predicted octanol–water partition coefficient (Wildman–Crippen LogP) is 3.56. The van der Waals surface area contributed by atoms with Crippen LogP contribution in [0.25, 0.3) is 0 Å². The predicted molar refractivity (Wildman–Crippen MR) is 103 cm³/mol. The number of carbonyl (C=O) groups is 3. The first-order chi connectivity index (χ1) is 12.8. The van der Waals surface area contributed by atoms with Gasteiger partial charge in [-0.3, -0.25) is 9.59 Å². The van der Waals surface area contributed by atoms with Crippen molar-refractivity contribution in [3.8, 4) is 0 Å². The van der Waals surface area contributed by atoms with Crippen LogP contribution in [0.2, 0.25) is 5.02 Å². The Bertz CT molecular complexity index is 819. The van der Waals surface area contributed by atoms with Gasteiger partial charge in [0.1, 0.15) is 0 Å². The van der Waals surface area contributed by atoms with Crippen LogP contribution in [0.5, 0.6) is 0 Å². The van der Waals surface area contributed by atoms with Crippen molar-refractivity contribution < 1.29 is 19.1 Å². The Morgan fingerprint density at radius 1 is 1.07 bits per heavy atom. The van der Waals surface area contributed by atoms with Crippen molar-refractivity contribution in [2.45, 2.75) is 32.4 Å². The molecule has 0 unspecified atom stereocenters. The molecule has 0 aliphatic heterocycles. The number of rotatable bonds is 7. The molecule has 2 rings (SSSR count). The number of Topliss-reactive ketones (excluding diaryl/α,β-unsaturated/α-hetero) is 1. The summed E-state index contributed by atoms with van der Waals surface area (Å²) in [4.78, 5) is 35.9. The SMILES string of the molecule is Cc1ccc(C(=O)[C@H](C)OC(=O)C[C@H](NC(N)=O)c2ccc(Cl)cc2)cc1. The van der Waals surface area contributed by atoms with E-state index in [0.29, 0.717) is 16.1 Å². The van der Waals surface area contributed by atoms with Crippen LogP contribution >= 0.6 is 11.6 Å². The summed E-state index contributed by atoms with van der Waals surface area (Å²) in [5.74, 6) is -0.925. The first-order valence-electron chi connectivity index (χ1n) is 8.38. The summed E-state index contributed by atoms with van der Waals surface area (Å²) < 4.78 is 5.25. The van der Waals surface area contributed by atoms with Gasteiger partial charge in [0.2, 0.25) is 5.78 Å². The highest BCUT2D eigenvalue weighted by atomic mass is 35.5. The van der Waals surface area contributed by atoms with Crippen molar-refractivity contribution in [3.05, 3.63) is 70.2 Å².